The fourth-order valence-corrected chi connectivity index (χ4v) is 2.66. The number of nitrogens with two attached hydrogens (primary N) is 1. The van der Waals surface area contributed by atoms with Crippen molar-refractivity contribution in [2.45, 2.75) is 25.9 Å². The Hall–Kier alpha value is -1.10. The number of nitrogen functional groups attached to an aromatic ring is 1. The molecular weight excluding hydrogens is 198 g/mol. The standard InChI is InChI=1S/C9H11N3OS/c10-9-11-6-3-12(4-7(6)14-9)8(13)5-1-2-5/h5H,1-4H2,(H2,10,11). The van der Waals surface area contributed by atoms with E-state index in [1.807, 2.05) is 4.90 Å². The molecule has 1 amide bonds. The highest BCUT2D eigenvalue weighted by atomic mass is 32.1. The van der Waals surface area contributed by atoms with Gasteiger partial charge in [0.15, 0.2) is 5.13 Å². The van der Waals surface area contributed by atoms with Gasteiger partial charge in [-0.2, -0.15) is 0 Å². The molecule has 1 aromatic heterocycles. The molecule has 0 unspecified atom stereocenters. The molecule has 0 bridgehead atoms. The van der Waals surface area contributed by atoms with Crippen LogP contribution in [0.5, 0.6) is 0 Å². The molecule has 1 aromatic rings. The van der Waals surface area contributed by atoms with Crippen molar-refractivity contribution in [2.24, 2.45) is 5.92 Å². The highest BCUT2D eigenvalue weighted by Crippen LogP contribution is 2.36. The summed E-state index contributed by atoms with van der Waals surface area (Å²) in [6.45, 7) is 1.39. The molecule has 2 N–H and O–H groups in total. The summed E-state index contributed by atoms with van der Waals surface area (Å²) in [7, 11) is 0. The number of fused-ring (bicyclic) bond motifs is 1. The Morgan fingerprint density at radius 2 is 2.29 bits per heavy atom. The number of anilines is 1. The number of thiazole rings is 1. The monoisotopic (exact) mass is 209 g/mol. The number of carbonyl (C=O) groups excluding carboxylic acids is 1. The van der Waals surface area contributed by atoms with E-state index in [9.17, 15) is 4.79 Å². The predicted octanol–water partition coefficient (Wildman–Crippen LogP) is 0.978. The van der Waals surface area contributed by atoms with Crippen LogP contribution in [0, 0.1) is 5.92 Å². The Labute approximate surface area is 85.7 Å². The van der Waals surface area contributed by atoms with Crippen LogP contribution in [0.15, 0.2) is 0 Å². The van der Waals surface area contributed by atoms with Gasteiger partial charge in [0, 0.05) is 5.92 Å². The van der Waals surface area contributed by atoms with Crippen LogP contribution in [0.3, 0.4) is 0 Å². The van der Waals surface area contributed by atoms with E-state index >= 15 is 0 Å². The first kappa shape index (κ1) is 8.23. The molecule has 0 radical (unpaired) electrons. The molecule has 2 heterocycles. The first-order chi connectivity index (χ1) is 6.74. The average Bonchev–Trinajstić information content (AvgIpc) is 2.82. The fourth-order valence-electron chi connectivity index (χ4n) is 1.80. The van der Waals surface area contributed by atoms with Gasteiger partial charge in [0.25, 0.3) is 0 Å². The van der Waals surface area contributed by atoms with Crippen molar-refractivity contribution >= 4 is 22.4 Å². The zero-order chi connectivity index (χ0) is 9.71. The van der Waals surface area contributed by atoms with Crippen molar-refractivity contribution < 1.29 is 4.79 Å². The number of aromatic nitrogens is 1. The van der Waals surface area contributed by atoms with Crippen LogP contribution in [0.25, 0.3) is 0 Å². The molecule has 0 atom stereocenters. The van der Waals surface area contributed by atoms with Crippen molar-refractivity contribution in [3.63, 3.8) is 0 Å². The molecule has 14 heavy (non-hydrogen) atoms. The van der Waals surface area contributed by atoms with Crippen LogP contribution in [0.2, 0.25) is 0 Å². The summed E-state index contributed by atoms with van der Waals surface area (Å²) in [5, 5.41) is 0.619. The molecule has 1 aliphatic carbocycles. The lowest BCUT2D eigenvalue weighted by molar-refractivity contribution is -0.133. The molecular formula is C9H11N3OS. The summed E-state index contributed by atoms with van der Waals surface area (Å²) < 4.78 is 0. The van der Waals surface area contributed by atoms with Gasteiger partial charge in [0.2, 0.25) is 5.91 Å². The van der Waals surface area contributed by atoms with Crippen LogP contribution in [0.1, 0.15) is 23.4 Å². The molecule has 3 rings (SSSR count). The first-order valence-electron chi connectivity index (χ1n) is 4.77. The van der Waals surface area contributed by atoms with Gasteiger partial charge in [-0.3, -0.25) is 4.79 Å². The number of carbonyl (C=O) groups is 1. The van der Waals surface area contributed by atoms with Crippen LogP contribution < -0.4 is 5.73 Å². The van der Waals surface area contributed by atoms with Crippen LogP contribution >= 0.6 is 11.3 Å². The molecule has 0 saturated heterocycles. The third kappa shape index (κ3) is 1.19. The van der Waals surface area contributed by atoms with Gasteiger partial charge in [-0.05, 0) is 12.8 Å². The topological polar surface area (TPSA) is 59.2 Å². The Morgan fingerprint density at radius 1 is 1.50 bits per heavy atom. The van der Waals surface area contributed by atoms with Gasteiger partial charge in [-0.25, -0.2) is 4.98 Å². The van der Waals surface area contributed by atoms with E-state index in [2.05, 4.69) is 4.98 Å². The SMILES string of the molecule is Nc1nc2c(s1)CN(C(=O)C1CC1)C2. The van der Waals surface area contributed by atoms with E-state index in [1.165, 1.54) is 11.3 Å². The number of rotatable bonds is 1. The molecule has 74 valence electrons. The largest absolute Gasteiger partial charge is 0.375 e. The van der Waals surface area contributed by atoms with Crippen LogP contribution in [0.4, 0.5) is 5.13 Å². The summed E-state index contributed by atoms with van der Waals surface area (Å²) in [4.78, 5) is 19.0. The Morgan fingerprint density at radius 3 is 2.93 bits per heavy atom. The molecule has 5 heteroatoms. The van der Waals surface area contributed by atoms with Gasteiger partial charge in [-0.15, -0.1) is 11.3 Å². The second kappa shape index (κ2) is 2.70. The van der Waals surface area contributed by atoms with E-state index in [0.717, 1.165) is 30.0 Å². The fraction of sp³-hybridized carbons (Fsp3) is 0.556. The maximum Gasteiger partial charge on any atom is 0.226 e. The summed E-state index contributed by atoms with van der Waals surface area (Å²) in [6.07, 6.45) is 2.14. The van der Waals surface area contributed by atoms with E-state index in [0.29, 0.717) is 23.5 Å². The Kier molecular flexibility index (Phi) is 1.58. The van der Waals surface area contributed by atoms with Gasteiger partial charge >= 0.3 is 0 Å². The van der Waals surface area contributed by atoms with Crippen molar-refractivity contribution in [1.29, 1.82) is 0 Å². The Bertz CT molecular complexity index is 373. The summed E-state index contributed by atoms with van der Waals surface area (Å²) in [5.74, 6) is 0.607. The summed E-state index contributed by atoms with van der Waals surface area (Å²) >= 11 is 1.50. The average molecular weight is 209 g/mol. The van der Waals surface area contributed by atoms with Gasteiger partial charge < -0.3 is 10.6 Å². The van der Waals surface area contributed by atoms with E-state index in [-0.39, 0.29) is 0 Å². The quantitative estimate of drug-likeness (QED) is 0.750. The maximum absolute atomic E-state index is 11.7. The highest BCUT2D eigenvalue weighted by Gasteiger charge is 2.36. The van der Waals surface area contributed by atoms with Crippen molar-refractivity contribution in [3.8, 4) is 0 Å². The van der Waals surface area contributed by atoms with Crippen molar-refractivity contribution in [3.05, 3.63) is 10.6 Å². The zero-order valence-electron chi connectivity index (χ0n) is 7.69. The van der Waals surface area contributed by atoms with Crippen LogP contribution in [-0.4, -0.2) is 15.8 Å². The zero-order valence-corrected chi connectivity index (χ0v) is 8.51. The van der Waals surface area contributed by atoms with Crippen LogP contribution in [-0.2, 0) is 17.9 Å². The Balaban J connectivity index is 1.78. The second-order valence-electron chi connectivity index (χ2n) is 3.89. The lowest BCUT2D eigenvalue weighted by atomic mass is 10.3. The molecule has 1 fully saturated rings. The van der Waals surface area contributed by atoms with Crippen molar-refractivity contribution in [1.82, 2.24) is 9.88 Å². The lowest BCUT2D eigenvalue weighted by Crippen LogP contribution is -2.26. The molecule has 4 nitrogen and oxygen atoms in total. The minimum atomic E-state index is 0.300. The number of hydrogen-bond donors (Lipinski definition) is 1. The number of amides is 1. The van der Waals surface area contributed by atoms with Gasteiger partial charge in [0.1, 0.15) is 0 Å². The summed E-state index contributed by atoms with van der Waals surface area (Å²) in [5.41, 5.74) is 6.59. The molecule has 1 saturated carbocycles. The molecule has 0 spiro atoms. The maximum atomic E-state index is 11.7. The first-order valence-corrected chi connectivity index (χ1v) is 5.58. The smallest absolute Gasteiger partial charge is 0.226 e. The molecule has 1 aliphatic heterocycles. The normalized spacial score (nSPS) is 19.9. The van der Waals surface area contributed by atoms with E-state index in [4.69, 9.17) is 5.73 Å². The van der Waals surface area contributed by atoms with E-state index in [1.54, 1.807) is 0 Å². The van der Waals surface area contributed by atoms with Gasteiger partial charge in [-0.1, -0.05) is 0 Å². The second-order valence-corrected chi connectivity index (χ2v) is 5.01. The lowest BCUT2D eigenvalue weighted by Gasteiger charge is -2.14. The minimum absolute atomic E-state index is 0.300. The molecule has 2 aliphatic rings. The number of nitrogens with zero attached hydrogens (tertiary/aromatic N) is 2. The number of hydrogen-bond acceptors (Lipinski definition) is 4. The van der Waals surface area contributed by atoms with Crippen molar-refractivity contribution in [2.75, 3.05) is 5.73 Å². The predicted molar refractivity (Wildman–Crippen MR) is 53.5 cm³/mol. The third-order valence-electron chi connectivity index (χ3n) is 2.71. The molecule has 0 aromatic carbocycles. The highest BCUT2D eigenvalue weighted by molar-refractivity contribution is 7.15. The van der Waals surface area contributed by atoms with E-state index < -0.39 is 0 Å². The minimum Gasteiger partial charge on any atom is -0.375 e. The summed E-state index contributed by atoms with van der Waals surface area (Å²) in [6, 6.07) is 0. The third-order valence-corrected chi connectivity index (χ3v) is 3.62. The van der Waals surface area contributed by atoms with Gasteiger partial charge in [0.05, 0.1) is 23.7 Å².